The Kier molecular flexibility index (Phi) is 4.27. The second-order valence-corrected chi connectivity index (χ2v) is 3.31. The number of halogens is 1. The van der Waals surface area contributed by atoms with E-state index in [9.17, 15) is 10.1 Å². The maximum Gasteiger partial charge on any atom is 0.278 e. The zero-order valence-corrected chi connectivity index (χ0v) is 8.65. The van der Waals surface area contributed by atoms with Crippen LogP contribution >= 0.6 is 11.6 Å². The molecule has 0 aliphatic heterocycles. The normalized spacial score (nSPS) is 10.8. The second-order valence-electron chi connectivity index (χ2n) is 2.87. The lowest BCUT2D eigenvalue weighted by atomic mass is 10.1. The third kappa shape index (κ3) is 3.34. The van der Waals surface area contributed by atoms with Gasteiger partial charge in [-0.25, -0.2) is 0 Å². The molecule has 15 heavy (non-hydrogen) atoms. The molecule has 0 aromatic heterocycles. The molecule has 80 valence electrons. The highest BCUT2D eigenvalue weighted by Gasteiger charge is 2.11. The van der Waals surface area contributed by atoms with Gasteiger partial charge >= 0.3 is 0 Å². The molecule has 4 nitrogen and oxygen atoms in total. The fraction of sp³-hybridized carbons (Fsp3) is 0.200. The highest BCUT2D eigenvalue weighted by Crippen LogP contribution is 2.24. The Hall–Kier alpha value is -1.39. The molecule has 0 bridgehead atoms. The average Bonchev–Trinajstić information content (AvgIpc) is 2.20. The van der Waals surface area contributed by atoms with Crippen molar-refractivity contribution in [2.75, 3.05) is 6.61 Å². The molecule has 0 fully saturated rings. The fourth-order valence-corrected chi connectivity index (χ4v) is 1.27. The summed E-state index contributed by atoms with van der Waals surface area (Å²) in [7, 11) is 0. The standard InChI is InChI=1S/C10H10ClNO3/c11-9-5-4-8(3-1-2-6-13)10(7-9)12(14)15/h1,3-5,7,13H,2,6H2. The summed E-state index contributed by atoms with van der Waals surface area (Å²) in [5.41, 5.74) is 0.453. The van der Waals surface area contributed by atoms with E-state index in [0.717, 1.165) is 0 Å². The number of nitrogens with zero attached hydrogens (tertiary/aromatic N) is 1. The number of hydrogen-bond acceptors (Lipinski definition) is 3. The molecule has 0 unspecified atom stereocenters. The first-order chi connectivity index (χ1) is 7.15. The molecule has 1 rings (SSSR count). The Morgan fingerprint density at radius 1 is 1.53 bits per heavy atom. The van der Waals surface area contributed by atoms with Crippen LogP contribution in [0.15, 0.2) is 24.3 Å². The quantitative estimate of drug-likeness (QED) is 0.635. The van der Waals surface area contributed by atoms with Crippen molar-refractivity contribution in [1.82, 2.24) is 0 Å². The van der Waals surface area contributed by atoms with Gasteiger partial charge in [0, 0.05) is 17.7 Å². The number of nitro benzene ring substituents is 1. The van der Waals surface area contributed by atoms with Crippen LogP contribution in [0.5, 0.6) is 0 Å². The summed E-state index contributed by atoms with van der Waals surface area (Å²) in [5, 5.41) is 19.6. The minimum Gasteiger partial charge on any atom is -0.396 e. The molecule has 0 spiro atoms. The van der Waals surface area contributed by atoms with Gasteiger partial charge in [-0.3, -0.25) is 10.1 Å². The summed E-state index contributed by atoms with van der Waals surface area (Å²) < 4.78 is 0. The minimum atomic E-state index is -0.482. The lowest BCUT2D eigenvalue weighted by Gasteiger charge is -1.97. The number of benzene rings is 1. The molecule has 1 aromatic rings. The molecule has 0 radical (unpaired) electrons. The Morgan fingerprint density at radius 3 is 2.87 bits per heavy atom. The predicted molar refractivity (Wildman–Crippen MR) is 58.8 cm³/mol. The summed E-state index contributed by atoms with van der Waals surface area (Å²) in [6.45, 7) is 0.0257. The molecular formula is C10H10ClNO3. The van der Waals surface area contributed by atoms with Crippen LogP contribution in [0, 0.1) is 10.1 Å². The Morgan fingerprint density at radius 2 is 2.27 bits per heavy atom. The highest BCUT2D eigenvalue weighted by atomic mass is 35.5. The van der Waals surface area contributed by atoms with Gasteiger partial charge < -0.3 is 5.11 Å². The van der Waals surface area contributed by atoms with E-state index >= 15 is 0 Å². The molecule has 0 saturated carbocycles. The predicted octanol–water partition coefficient (Wildman–Crippen LogP) is 2.64. The number of aliphatic hydroxyl groups excluding tert-OH is 1. The maximum atomic E-state index is 10.7. The monoisotopic (exact) mass is 227 g/mol. The molecule has 0 amide bonds. The fourth-order valence-electron chi connectivity index (χ4n) is 1.10. The van der Waals surface area contributed by atoms with Crippen LogP contribution in [0.3, 0.4) is 0 Å². The smallest absolute Gasteiger partial charge is 0.278 e. The van der Waals surface area contributed by atoms with Gasteiger partial charge in [-0.2, -0.15) is 0 Å². The summed E-state index contributed by atoms with van der Waals surface area (Å²) in [6.07, 6.45) is 3.75. The van der Waals surface area contributed by atoms with Gasteiger partial charge in [0.05, 0.1) is 10.5 Å². The molecule has 1 aromatic carbocycles. The van der Waals surface area contributed by atoms with Gasteiger partial charge in [-0.15, -0.1) is 0 Å². The average molecular weight is 228 g/mol. The second kappa shape index (κ2) is 5.48. The molecular weight excluding hydrogens is 218 g/mol. The number of rotatable bonds is 4. The summed E-state index contributed by atoms with van der Waals surface area (Å²) in [5.74, 6) is 0. The lowest BCUT2D eigenvalue weighted by Crippen LogP contribution is -1.91. The van der Waals surface area contributed by atoms with Crippen molar-refractivity contribution in [3.05, 3.63) is 45.0 Å². The van der Waals surface area contributed by atoms with Gasteiger partial charge in [-0.1, -0.05) is 23.8 Å². The van der Waals surface area contributed by atoms with Crippen molar-refractivity contribution in [3.63, 3.8) is 0 Å². The van der Waals surface area contributed by atoms with E-state index in [2.05, 4.69) is 0 Å². The Labute approximate surface area is 92.0 Å². The SMILES string of the molecule is O=[N+]([O-])c1cc(Cl)ccc1C=CCCO. The number of nitro groups is 1. The van der Waals surface area contributed by atoms with Gasteiger partial charge in [0.25, 0.3) is 5.69 Å². The zero-order chi connectivity index (χ0) is 11.3. The van der Waals surface area contributed by atoms with Crippen molar-refractivity contribution < 1.29 is 10.0 Å². The largest absolute Gasteiger partial charge is 0.396 e. The van der Waals surface area contributed by atoms with E-state index in [1.54, 1.807) is 24.3 Å². The highest BCUT2D eigenvalue weighted by molar-refractivity contribution is 6.30. The van der Waals surface area contributed by atoms with Crippen LogP contribution in [0.1, 0.15) is 12.0 Å². The molecule has 0 heterocycles. The van der Waals surface area contributed by atoms with Crippen molar-refractivity contribution >= 4 is 23.4 Å². The van der Waals surface area contributed by atoms with Crippen LogP contribution in [-0.4, -0.2) is 16.6 Å². The van der Waals surface area contributed by atoms with Gasteiger partial charge in [0.1, 0.15) is 0 Å². The van der Waals surface area contributed by atoms with Crippen LogP contribution in [0.25, 0.3) is 6.08 Å². The van der Waals surface area contributed by atoms with Crippen LogP contribution < -0.4 is 0 Å². The summed E-state index contributed by atoms with van der Waals surface area (Å²) in [6, 6.07) is 4.47. The van der Waals surface area contributed by atoms with Crippen LogP contribution in [-0.2, 0) is 0 Å². The minimum absolute atomic E-state index is 0.0257. The zero-order valence-electron chi connectivity index (χ0n) is 7.89. The van der Waals surface area contributed by atoms with E-state index in [0.29, 0.717) is 17.0 Å². The van der Waals surface area contributed by atoms with Crippen molar-refractivity contribution in [2.24, 2.45) is 0 Å². The first-order valence-electron chi connectivity index (χ1n) is 4.36. The number of hydrogen-bond donors (Lipinski definition) is 1. The van der Waals surface area contributed by atoms with E-state index in [-0.39, 0.29) is 12.3 Å². The Balaban J connectivity index is 3.01. The van der Waals surface area contributed by atoms with Crippen LogP contribution in [0.4, 0.5) is 5.69 Å². The molecule has 0 aliphatic rings. The van der Waals surface area contributed by atoms with E-state index < -0.39 is 4.92 Å². The van der Waals surface area contributed by atoms with Crippen molar-refractivity contribution in [2.45, 2.75) is 6.42 Å². The molecule has 0 aliphatic carbocycles. The van der Waals surface area contributed by atoms with E-state index in [4.69, 9.17) is 16.7 Å². The molecule has 0 saturated heterocycles. The summed E-state index contributed by atoms with van der Waals surface area (Å²) >= 11 is 5.65. The third-order valence-electron chi connectivity index (χ3n) is 1.78. The molecule has 1 N–H and O–H groups in total. The summed E-state index contributed by atoms with van der Waals surface area (Å²) in [4.78, 5) is 10.2. The number of aliphatic hydroxyl groups is 1. The van der Waals surface area contributed by atoms with Crippen molar-refractivity contribution in [1.29, 1.82) is 0 Å². The molecule has 0 atom stereocenters. The topological polar surface area (TPSA) is 63.4 Å². The van der Waals surface area contributed by atoms with E-state index in [1.807, 2.05) is 0 Å². The van der Waals surface area contributed by atoms with E-state index in [1.165, 1.54) is 6.07 Å². The van der Waals surface area contributed by atoms with Crippen LogP contribution in [0.2, 0.25) is 5.02 Å². The third-order valence-corrected chi connectivity index (χ3v) is 2.02. The van der Waals surface area contributed by atoms with Gasteiger partial charge in [0.2, 0.25) is 0 Å². The van der Waals surface area contributed by atoms with Gasteiger partial charge in [0.15, 0.2) is 0 Å². The first kappa shape index (κ1) is 11.7. The first-order valence-corrected chi connectivity index (χ1v) is 4.74. The van der Waals surface area contributed by atoms with Gasteiger partial charge in [-0.05, 0) is 18.6 Å². The Bertz CT molecular complexity index is 390. The lowest BCUT2D eigenvalue weighted by molar-refractivity contribution is -0.385. The van der Waals surface area contributed by atoms with Crippen molar-refractivity contribution in [3.8, 4) is 0 Å². The molecule has 5 heteroatoms. The maximum absolute atomic E-state index is 10.7.